The molecular weight excluding hydrogens is 159 g/mol. The van der Waals surface area contributed by atoms with Crippen LogP contribution in [-0.4, -0.2) is 4.98 Å². The lowest BCUT2D eigenvalue weighted by Gasteiger charge is -1.97. The van der Waals surface area contributed by atoms with Crippen LogP contribution in [0.2, 0.25) is 0 Å². The molecule has 1 aromatic heterocycles. The SMILES string of the molecule is O=c1[nH]ccc(C(F)F)c1F. The number of pyridine rings is 1. The van der Waals surface area contributed by atoms with E-state index in [1.165, 1.54) is 0 Å². The minimum atomic E-state index is -2.95. The normalized spacial score (nSPS) is 10.5. The summed E-state index contributed by atoms with van der Waals surface area (Å²) in [6.07, 6.45) is -1.97. The Morgan fingerprint density at radius 1 is 1.45 bits per heavy atom. The lowest BCUT2D eigenvalue weighted by molar-refractivity contribution is 0.146. The first kappa shape index (κ1) is 7.84. The van der Waals surface area contributed by atoms with Gasteiger partial charge >= 0.3 is 0 Å². The summed E-state index contributed by atoms with van der Waals surface area (Å²) in [5.41, 5.74) is -1.99. The fourth-order valence-corrected chi connectivity index (χ4v) is 0.643. The molecule has 0 aromatic carbocycles. The van der Waals surface area contributed by atoms with E-state index in [1.54, 1.807) is 0 Å². The van der Waals surface area contributed by atoms with Crippen molar-refractivity contribution in [2.75, 3.05) is 0 Å². The molecule has 0 saturated heterocycles. The van der Waals surface area contributed by atoms with Gasteiger partial charge in [0, 0.05) is 6.20 Å². The van der Waals surface area contributed by atoms with E-state index >= 15 is 0 Å². The summed E-state index contributed by atoms with van der Waals surface area (Å²) in [6, 6.07) is 0.835. The van der Waals surface area contributed by atoms with E-state index in [-0.39, 0.29) is 0 Å². The Morgan fingerprint density at radius 2 is 2.09 bits per heavy atom. The van der Waals surface area contributed by atoms with Crippen LogP contribution in [0.1, 0.15) is 12.0 Å². The maximum Gasteiger partial charge on any atom is 0.284 e. The fraction of sp³-hybridized carbons (Fsp3) is 0.167. The van der Waals surface area contributed by atoms with E-state index in [1.807, 2.05) is 4.98 Å². The zero-order chi connectivity index (χ0) is 8.43. The van der Waals surface area contributed by atoms with Crippen LogP contribution in [0, 0.1) is 5.82 Å². The van der Waals surface area contributed by atoms with Crippen molar-refractivity contribution in [3.05, 3.63) is 34.0 Å². The van der Waals surface area contributed by atoms with Crippen molar-refractivity contribution in [1.82, 2.24) is 4.98 Å². The topological polar surface area (TPSA) is 32.9 Å². The maximum atomic E-state index is 12.4. The second-order valence-corrected chi connectivity index (χ2v) is 1.88. The number of alkyl halides is 2. The quantitative estimate of drug-likeness (QED) is 0.667. The minimum absolute atomic E-state index is 0.835. The van der Waals surface area contributed by atoms with Crippen LogP contribution in [0.3, 0.4) is 0 Å². The molecule has 5 heteroatoms. The monoisotopic (exact) mass is 163 g/mol. The number of aromatic nitrogens is 1. The molecule has 0 atom stereocenters. The third kappa shape index (κ3) is 1.42. The Labute approximate surface area is 59.7 Å². The minimum Gasteiger partial charge on any atom is -0.327 e. The smallest absolute Gasteiger partial charge is 0.284 e. The van der Waals surface area contributed by atoms with Crippen molar-refractivity contribution in [2.45, 2.75) is 6.43 Å². The van der Waals surface area contributed by atoms with Crippen LogP contribution in [0.5, 0.6) is 0 Å². The molecule has 0 spiro atoms. The van der Waals surface area contributed by atoms with Crippen molar-refractivity contribution in [3.8, 4) is 0 Å². The van der Waals surface area contributed by atoms with Gasteiger partial charge < -0.3 is 4.98 Å². The van der Waals surface area contributed by atoms with Gasteiger partial charge in [-0.2, -0.15) is 0 Å². The van der Waals surface area contributed by atoms with Gasteiger partial charge in [-0.3, -0.25) is 4.79 Å². The van der Waals surface area contributed by atoms with Crippen LogP contribution >= 0.6 is 0 Å². The molecule has 0 aliphatic rings. The van der Waals surface area contributed by atoms with Gasteiger partial charge in [0.25, 0.3) is 12.0 Å². The zero-order valence-electron chi connectivity index (χ0n) is 5.27. The predicted molar refractivity (Wildman–Crippen MR) is 32.0 cm³/mol. The van der Waals surface area contributed by atoms with Gasteiger partial charge in [-0.15, -0.1) is 0 Å². The van der Waals surface area contributed by atoms with Crippen molar-refractivity contribution in [1.29, 1.82) is 0 Å². The number of H-pyrrole nitrogens is 1. The first-order valence-electron chi connectivity index (χ1n) is 2.78. The number of nitrogens with one attached hydrogen (secondary N) is 1. The Balaban J connectivity index is 3.28. The van der Waals surface area contributed by atoms with Gasteiger partial charge in [0.1, 0.15) is 0 Å². The molecule has 1 N–H and O–H groups in total. The standard InChI is InChI=1S/C6H4F3NO/c7-4-3(5(8)9)1-2-10-6(4)11/h1-2,5H,(H,10,11). The number of hydrogen-bond donors (Lipinski definition) is 1. The molecule has 0 amide bonds. The van der Waals surface area contributed by atoms with E-state index in [2.05, 4.69) is 0 Å². The van der Waals surface area contributed by atoms with E-state index in [9.17, 15) is 18.0 Å². The molecule has 60 valence electrons. The molecular formula is C6H4F3NO. The second-order valence-electron chi connectivity index (χ2n) is 1.88. The summed E-state index contributed by atoms with van der Waals surface area (Å²) in [7, 11) is 0. The van der Waals surface area contributed by atoms with Crippen molar-refractivity contribution in [3.63, 3.8) is 0 Å². The summed E-state index contributed by atoms with van der Waals surface area (Å²) in [4.78, 5) is 12.3. The average Bonchev–Trinajstić information content (AvgIpc) is 1.94. The zero-order valence-corrected chi connectivity index (χ0v) is 5.27. The lowest BCUT2D eigenvalue weighted by atomic mass is 10.3. The highest BCUT2D eigenvalue weighted by Crippen LogP contribution is 2.18. The Hall–Kier alpha value is -1.26. The van der Waals surface area contributed by atoms with E-state index in [0.717, 1.165) is 12.3 Å². The van der Waals surface area contributed by atoms with E-state index < -0.39 is 23.4 Å². The van der Waals surface area contributed by atoms with Crippen molar-refractivity contribution >= 4 is 0 Å². The predicted octanol–water partition coefficient (Wildman–Crippen LogP) is 1.45. The molecule has 11 heavy (non-hydrogen) atoms. The molecule has 0 aliphatic heterocycles. The molecule has 0 bridgehead atoms. The largest absolute Gasteiger partial charge is 0.327 e. The first-order chi connectivity index (χ1) is 5.13. The highest BCUT2D eigenvalue weighted by molar-refractivity contribution is 5.13. The molecule has 0 unspecified atom stereocenters. The highest BCUT2D eigenvalue weighted by atomic mass is 19.3. The maximum absolute atomic E-state index is 12.4. The van der Waals surface area contributed by atoms with Gasteiger partial charge in [0.15, 0.2) is 5.82 Å². The van der Waals surface area contributed by atoms with Crippen molar-refractivity contribution < 1.29 is 13.2 Å². The molecule has 2 nitrogen and oxygen atoms in total. The van der Waals surface area contributed by atoms with Crippen LogP contribution in [0.15, 0.2) is 17.1 Å². The summed E-state index contributed by atoms with van der Waals surface area (Å²) in [5, 5.41) is 0. The highest BCUT2D eigenvalue weighted by Gasteiger charge is 2.14. The Morgan fingerprint density at radius 3 is 2.55 bits per heavy atom. The average molecular weight is 163 g/mol. The molecule has 1 heterocycles. The number of hydrogen-bond acceptors (Lipinski definition) is 1. The van der Waals surface area contributed by atoms with Crippen LogP contribution in [-0.2, 0) is 0 Å². The third-order valence-electron chi connectivity index (χ3n) is 1.17. The summed E-state index contributed by atoms with van der Waals surface area (Å²) >= 11 is 0. The third-order valence-corrected chi connectivity index (χ3v) is 1.17. The molecule has 0 aliphatic carbocycles. The van der Waals surface area contributed by atoms with Gasteiger partial charge in [0.05, 0.1) is 5.56 Å². The second kappa shape index (κ2) is 2.77. The molecule has 1 aromatic rings. The van der Waals surface area contributed by atoms with Crippen LogP contribution < -0.4 is 5.56 Å². The van der Waals surface area contributed by atoms with Crippen LogP contribution in [0.25, 0.3) is 0 Å². The Bertz CT molecular complexity index is 307. The van der Waals surface area contributed by atoms with E-state index in [4.69, 9.17) is 0 Å². The van der Waals surface area contributed by atoms with Crippen LogP contribution in [0.4, 0.5) is 13.2 Å². The van der Waals surface area contributed by atoms with Gasteiger partial charge in [-0.1, -0.05) is 0 Å². The van der Waals surface area contributed by atoms with Gasteiger partial charge in [-0.05, 0) is 6.07 Å². The summed E-state index contributed by atoms with van der Waals surface area (Å²) in [6.45, 7) is 0. The first-order valence-corrected chi connectivity index (χ1v) is 2.78. The molecule has 1 rings (SSSR count). The number of aromatic amines is 1. The molecule has 0 saturated carbocycles. The van der Waals surface area contributed by atoms with Gasteiger partial charge in [0.2, 0.25) is 0 Å². The summed E-state index contributed by atoms with van der Waals surface area (Å²) < 4.78 is 36.1. The van der Waals surface area contributed by atoms with Crippen molar-refractivity contribution in [2.24, 2.45) is 0 Å². The number of halogens is 3. The lowest BCUT2D eigenvalue weighted by Crippen LogP contribution is -2.12. The molecule has 0 fully saturated rings. The number of rotatable bonds is 1. The molecule has 0 radical (unpaired) electrons. The fourth-order valence-electron chi connectivity index (χ4n) is 0.643. The summed E-state index contributed by atoms with van der Waals surface area (Å²) in [5.74, 6) is -1.41. The van der Waals surface area contributed by atoms with E-state index in [0.29, 0.717) is 0 Å². The Kier molecular flexibility index (Phi) is 1.98. The van der Waals surface area contributed by atoms with Gasteiger partial charge in [-0.25, -0.2) is 13.2 Å².